The summed E-state index contributed by atoms with van der Waals surface area (Å²) in [6.45, 7) is 2.40. The number of hydrogen-bond donors (Lipinski definition) is 1. The second-order valence-corrected chi connectivity index (χ2v) is 11.1. The van der Waals surface area contributed by atoms with Gasteiger partial charge in [0.15, 0.2) is 5.60 Å². The number of esters is 1. The van der Waals surface area contributed by atoms with E-state index in [9.17, 15) is 9.59 Å². The van der Waals surface area contributed by atoms with Crippen LogP contribution >= 0.6 is 0 Å². The molecular formula is C39H35NO5. The number of ether oxygens (including phenoxy) is 2. The van der Waals surface area contributed by atoms with Crippen LogP contribution in [0.2, 0.25) is 0 Å². The minimum absolute atomic E-state index is 0.211. The molecule has 1 N–H and O–H groups in total. The van der Waals surface area contributed by atoms with Gasteiger partial charge in [0, 0.05) is 0 Å². The summed E-state index contributed by atoms with van der Waals surface area (Å²) in [5.41, 5.74) is 4.83. The zero-order valence-electron chi connectivity index (χ0n) is 25.1. The van der Waals surface area contributed by atoms with E-state index in [-0.39, 0.29) is 12.5 Å². The molecule has 5 aromatic rings. The van der Waals surface area contributed by atoms with Gasteiger partial charge in [-0.25, -0.2) is 5.48 Å². The SMILES string of the molecule is CCOC(=O)[C@]1(c2ccc(OCc3ccccc3)cc2)C[C@H]1C(=O)NOC(c1ccccc1)(c1ccccc1)c1ccccc1. The van der Waals surface area contributed by atoms with Crippen molar-refractivity contribution in [3.63, 3.8) is 0 Å². The van der Waals surface area contributed by atoms with Crippen molar-refractivity contribution in [2.45, 2.75) is 31.0 Å². The molecule has 1 saturated carbocycles. The van der Waals surface area contributed by atoms with E-state index in [1.54, 1.807) is 6.92 Å². The first-order valence-corrected chi connectivity index (χ1v) is 15.2. The highest BCUT2D eigenvalue weighted by atomic mass is 16.7. The van der Waals surface area contributed by atoms with E-state index in [0.29, 0.717) is 24.3 Å². The third kappa shape index (κ3) is 5.97. The van der Waals surface area contributed by atoms with Crippen molar-refractivity contribution >= 4 is 11.9 Å². The Bertz CT molecular complexity index is 1610. The molecule has 6 nitrogen and oxygen atoms in total. The molecule has 6 rings (SSSR count). The maximum absolute atomic E-state index is 13.9. The zero-order chi connectivity index (χ0) is 31.1. The van der Waals surface area contributed by atoms with Gasteiger partial charge >= 0.3 is 5.97 Å². The molecule has 1 aliphatic rings. The molecule has 0 aliphatic heterocycles. The Labute approximate surface area is 263 Å². The van der Waals surface area contributed by atoms with Crippen LogP contribution in [0.25, 0.3) is 0 Å². The zero-order valence-corrected chi connectivity index (χ0v) is 25.1. The van der Waals surface area contributed by atoms with Crippen molar-refractivity contribution < 1.29 is 23.9 Å². The largest absolute Gasteiger partial charge is 0.489 e. The molecular weight excluding hydrogens is 562 g/mol. The molecule has 0 spiro atoms. The number of carbonyl (C=O) groups excluding carboxylic acids is 2. The van der Waals surface area contributed by atoms with Gasteiger partial charge in [0.25, 0.3) is 0 Å². The number of hydroxylamine groups is 1. The second-order valence-electron chi connectivity index (χ2n) is 11.1. The molecule has 6 heteroatoms. The summed E-state index contributed by atoms with van der Waals surface area (Å²) in [6, 6.07) is 46.6. The van der Waals surface area contributed by atoms with E-state index < -0.39 is 22.9 Å². The van der Waals surface area contributed by atoms with Gasteiger partial charge in [0.2, 0.25) is 5.91 Å². The third-order valence-corrected chi connectivity index (χ3v) is 8.38. The lowest BCUT2D eigenvalue weighted by molar-refractivity contribution is -0.151. The highest BCUT2D eigenvalue weighted by Gasteiger charge is 2.66. The fraction of sp³-hybridized carbons (Fsp3) is 0.179. The van der Waals surface area contributed by atoms with Gasteiger partial charge in [0.1, 0.15) is 17.8 Å². The van der Waals surface area contributed by atoms with Crippen LogP contribution in [0.5, 0.6) is 5.75 Å². The van der Waals surface area contributed by atoms with Crippen LogP contribution in [0.1, 0.15) is 41.2 Å². The first-order chi connectivity index (χ1) is 22.1. The number of nitrogens with one attached hydrogen (secondary N) is 1. The summed E-state index contributed by atoms with van der Waals surface area (Å²) in [7, 11) is 0. The van der Waals surface area contributed by atoms with E-state index in [1.807, 2.05) is 146 Å². The summed E-state index contributed by atoms with van der Waals surface area (Å²) in [5, 5.41) is 0. The molecule has 5 aromatic carbocycles. The van der Waals surface area contributed by atoms with Crippen LogP contribution in [0.15, 0.2) is 146 Å². The lowest BCUT2D eigenvalue weighted by Gasteiger charge is -2.35. The quantitative estimate of drug-likeness (QED) is 0.0942. The van der Waals surface area contributed by atoms with Crippen LogP contribution in [0.3, 0.4) is 0 Å². The fourth-order valence-corrected chi connectivity index (χ4v) is 5.98. The molecule has 45 heavy (non-hydrogen) atoms. The van der Waals surface area contributed by atoms with E-state index >= 15 is 0 Å². The molecule has 1 aliphatic carbocycles. The van der Waals surface area contributed by atoms with Crippen LogP contribution < -0.4 is 10.2 Å². The summed E-state index contributed by atoms with van der Waals surface area (Å²) in [6.07, 6.45) is 0.306. The van der Waals surface area contributed by atoms with Gasteiger partial charge in [-0.15, -0.1) is 0 Å². The van der Waals surface area contributed by atoms with Crippen molar-refractivity contribution in [3.8, 4) is 5.75 Å². The summed E-state index contributed by atoms with van der Waals surface area (Å²) >= 11 is 0. The molecule has 0 aromatic heterocycles. The number of hydrogen-bond acceptors (Lipinski definition) is 5. The first kappa shape index (κ1) is 29.9. The minimum Gasteiger partial charge on any atom is -0.489 e. The third-order valence-electron chi connectivity index (χ3n) is 8.38. The normalized spacial score (nSPS) is 17.2. The Balaban J connectivity index is 1.27. The Morgan fingerprint density at radius 3 is 1.69 bits per heavy atom. The lowest BCUT2D eigenvalue weighted by atomic mass is 9.80. The predicted octanol–water partition coefficient (Wildman–Crippen LogP) is 7.13. The fourth-order valence-electron chi connectivity index (χ4n) is 5.98. The second kappa shape index (κ2) is 13.2. The van der Waals surface area contributed by atoms with Gasteiger partial charge < -0.3 is 9.47 Å². The van der Waals surface area contributed by atoms with Crippen LogP contribution in [0.4, 0.5) is 0 Å². The van der Waals surface area contributed by atoms with Crippen molar-refractivity contribution in [2.24, 2.45) is 5.92 Å². The van der Waals surface area contributed by atoms with Gasteiger partial charge in [-0.1, -0.05) is 133 Å². The number of carbonyl (C=O) groups is 2. The van der Waals surface area contributed by atoms with Crippen LogP contribution in [-0.4, -0.2) is 18.5 Å². The van der Waals surface area contributed by atoms with Crippen LogP contribution in [0, 0.1) is 5.92 Å². The Morgan fingerprint density at radius 1 is 0.711 bits per heavy atom. The maximum atomic E-state index is 13.9. The van der Waals surface area contributed by atoms with E-state index in [4.69, 9.17) is 14.3 Å². The monoisotopic (exact) mass is 597 g/mol. The van der Waals surface area contributed by atoms with Gasteiger partial charge in [-0.2, -0.15) is 0 Å². The van der Waals surface area contributed by atoms with Crippen molar-refractivity contribution in [3.05, 3.63) is 173 Å². The van der Waals surface area contributed by atoms with E-state index in [1.165, 1.54) is 0 Å². The summed E-state index contributed by atoms with van der Waals surface area (Å²) in [5.74, 6) is -0.819. The molecule has 2 atom stereocenters. The maximum Gasteiger partial charge on any atom is 0.317 e. The molecule has 0 saturated heterocycles. The molecule has 1 fully saturated rings. The smallest absolute Gasteiger partial charge is 0.317 e. The Kier molecular flexibility index (Phi) is 8.76. The van der Waals surface area contributed by atoms with Crippen LogP contribution in [-0.2, 0) is 36.8 Å². The van der Waals surface area contributed by atoms with Crippen molar-refractivity contribution in [2.75, 3.05) is 6.61 Å². The molecule has 226 valence electrons. The average molecular weight is 598 g/mol. The summed E-state index contributed by atoms with van der Waals surface area (Å²) < 4.78 is 11.5. The first-order valence-electron chi connectivity index (χ1n) is 15.2. The summed E-state index contributed by atoms with van der Waals surface area (Å²) in [4.78, 5) is 33.9. The highest BCUT2D eigenvalue weighted by molar-refractivity contribution is 5.98. The van der Waals surface area contributed by atoms with E-state index in [2.05, 4.69) is 5.48 Å². The standard InChI is InChI=1S/C39H35NO5/c1-2-43-37(42)38(30-23-25-34(26-24-30)44-28-29-15-7-3-8-16-29)27-35(38)36(41)40-45-39(31-17-9-4-10-18-31,32-19-11-5-12-20-32)33-21-13-6-14-22-33/h3-26,35H,2,27-28H2,1H3,(H,40,41)/t35-,38-/m0/s1. The predicted molar refractivity (Wildman–Crippen MR) is 172 cm³/mol. The van der Waals surface area contributed by atoms with Gasteiger partial charge in [-0.3, -0.25) is 14.4 Å². The molecule has 1 amide bonds. The topological polar surface area (TPSA) is 73.9 Å². The molecule has 0 bridgehead atoms. The molecule has 0 unspecified atom stereocenters. The Hall–Kier alpha value is -5.20. The van der Waals surface area contributed by atoms with Gasteiger partial charge in [-0.05, 0) is 53.3 Å². The molecule has 0 heterocycles. The Morgan fingerprint density at radius 2 is 1.20 bits per heavy atom. The molecule has 0 radical (unpaired) electrons. The average Bonchev–Trinajstić information content (AvgIpc) is 3.87. The van der Waals surface area contributed by atoms with Crippen molar-refractivity contribution in [1.29, 1.82) is 0 Å². The van der Waals surface area contributed by atoms with E-state index in [0.717, 1.165) is 22.3 Å². The number of benzene rings is 5. The number of rotatable bonds is 12. The highest BCUT2D eigenvalue weighted by Crippen LogP contribution is 2.56. The number of amides is 1. The van der Waals surface area contributed by atoms with Crippen molar-refractivity contribution in [1.82, 2.24) is 5.48 Å². The van der Waals surface area contributed by atoms with Gasteiger partial charge in [0.05, 0.1) is 12.5 Å². The lowest BCUT2D eigenvalue weighted by Crippen LogP contribution is -2.42. The minimum atomic E-state index is -1.14.